The van der Waals surface area contributed by atoms with E-state index in [1.54, 1.807) is 30.3 Å². The van der Waals surface area contributed by atoms with Crippen LogP contribution >= 0.6 is 0 Å². The SMILES string of the molecule is COC1OC(COCC(=O)N(CC(=O)NC2CCCCC2)Cc2ccccc2)C(OS(=O)(=O)[O-])C(OS(=O)(=O)[O-])C1OS(=O)(=O)[O-].[Na+].[Na+].[Na+]. The molecule has 3 rings (SSSR count). The van der Waals surface area contributed by atoms with Crippen molar-refractivity contribution in [3.8, 4) is 0 Å². The fraction of sp³-hybridized carbons (Fsp3) is 0.667. The van der Waals surface area contributed by atoms with Crippen molar-refractivity contribution in [2.45, 2.75) is 75.4 Å². The number of hydrogen-bond donors (Lipinski definition) is 1. The Morgan fingerprint density at radius 3 is 1.90 bits per heavy atom. The van der Waals surface area contributed by atoms with Crippen molar-refractivity contribution >= 4 is 43.0 Å². The molecule has 0 bridgehead atoms. The Morgan fingerprint density at radius 2 is 1.37 bits per heavy atom. The molecule has 0 radical (unpaired) electrons. The molecular weight excluding hydrogens is 753 g/mol. The van der Waals surface area contributed by atoms with Crippen LogP contribution in [0, 0.1) is 0 Å². The average Bonchev–Trinajstić information content (AvgIpc) is 2.94. The van der Waals surface area contributed by atoms with Gasteiger partial charge in [-0.05, 0) is 18.4 Å². The second-order valence-electron chi connectivity index (χ2n) is 10.3. The number of methoxy groups -OCH3 is 1. The molecule has 2 amide bonds. The number of benzene rings is 1. The van der Waals surface area contributed by atoms with Gasteiger partial charge in [-0.1, -0.05) is 49.6 Å². The molecule has 2 fully saturated rings. The summed E-state index contributed by atoms with van der Waals surface area (Å²) in [6, 6.07) is 8.61. The van der Waals surface area contributed by atoms with Crippen molar-refractivity contribution in [3.63, 3.8) is 0 Å². The third-order valence-electron chi connectivity index (χ3n) is 6.89. The summed E-state index contributed by atoms with van der Waals surface area (Å²) in [5.41, 5.74) is 0.673. The minimum Gasteiger partial charge on any atom is -0.726 e. The number of rotatable bonds is 16. The van der Waals surface area contributed by atoms with E-state index < -0.39 is 86.9 Å². The van der Waals surface area contributed by atoms with Crippen LogP contribution in [0.4, 0.5) is 0 Å². The van der Waals surface area contributed by atoms with E-state index in [9.17, 15) is 48.5 Å². The Kier molecular flexibility index (Phi) is 23.1. The monoisotopic (exact) mass is 786 g/mol. The predicted octanol–water partition coefficient (Wildman–Crippen LogP) is -10.6. The molecule has 1 heterocycles. The van der Waals surface area contributed by atoms with Crippen molar-refractivity contribution in [2.75, 3.05) is 26.9 Å². The number of nitrogens with zero attached hydrogens (tertiary/aromatic N) is 1. The fourth-order valence-electron chi connectivity index (χ4n) is 5.02. The topological polar surface area (TPSA) is 276 Å². The van der Waals surface area contributed by atoms with E-state index >= 15 is 0 Å². The van der Waals surface area contributed by atoms with Gasteiger partial charge in [-0.15, -0.1) is 0 Å². The molecular formula is C24H33N2Na3O17S3. The Morgan fingerprint density at radius 1 is 0.837 bits per heavy atom. The molecule has 5 atom stereocenters. The maximum atomic E-state index is 13.2. The average molecular weight is 787 g/mol. The summed E-state index contributed by atoms with van der Waals surface area (Å²) in [5.74, 6) is -1.15. The standard InChI is InChI=1S/C24H36N2O17S3.3Na/c1-38-24-23(43-46(35,36)37)22(42-45(32,33)34)21(41-44(29,30)31)18(40-24)14-39-15-20(28)26(12-16-8-4-2-5-9-16)13-19(27)25-17-10-6-3-7-11-17;;;/h2,4-5,8-9,17-18,21-24H,3,6-7,10-15H2,1H3,(H,25,27)(H,29,30,31)(H,32,33,34)(H,35,36,37);;;/q;3*+1/p-3. The van der Waals surface area contributed by atoms with E-state index in [0.29, 0.717) is 5.56 Å². The van der Waals surface area contributed by atoms with Gasteiger partial charge < -0.3 is 38.1 Å². The van der Waals surface area contributed by atoms with Gasteiger partial charge in [0.05, 0.1) is 13.2 Å². The molecule has 1 aromatic rings. The molecule has 2 aliphatic rings. The molecule has 1 aliphatic heterocycles. The zero-order valence-corrected chi connectivity index (χ0v) is 35.8. The van der Waals surface area contributed by atoms with Crippen molar-refractivity contribution < 1.29 is 164 Å². The summed E-state index contributed by atoms with van der Waals surface area (Å²) in [6.07, 6.45) is -6.90. The molecule has 0 aromatic heterocycles. The zero-order chi connectivity index (χ0) is 34.1. The largest absolute Gasteiger partial charge is 1.00 e. The van der Waals surface area contributed by atoms with Crippen molar-refractivity contribution in [1.29, 1.82) is 0 Å². The molecule has 1 saturated heterocycles. The van der Waals surface area contributed by atoms with E-state index in [1.807, 2.05) is 0 Å². The number of carbonyl (C=O) groups excluding carboxylic acids is 2. The third kappa shape index (κ3) is 18.5. The Balaban J connectivity index is 0.00000768. The zero-order valence-electron chi connectivity index (χ0n) is 27.3. The van der Waals surface area contributed by atoms with E-state index in [2.05, 4.69) is 17.9 Å². The minimum atomic E-state index is -5.81. The van der Waals surface area contributed by atoms with Crippen LogP contribution in [-0.4, -0.2) is 119 Å². The smallest absolute Gasteiger partial charge is 0.726 e. The van der Waals surface area contributed by atoms with Gasteiger partial charge in [-0.3, -0.25) is 22.1 Å². The molecule has 5 unspecified atom stereocenters. The summed E-state index contributed by atoms with van der Waals surface area (Å²) in [6.45, 7) is -2.01. The molecule has 262 valence electrons. The molecule has 1 saturated carbocycles. The van der Waals surface area contributed by atoms with Crippen molar-refractivity contribution in [1.82, 2.24) is 10.2 Å². The molecule has 1 N–H and O–H groups in total. The Hall–Kier alpha value is 0.650. The first-order chi connectivity index (χ1) is 21.4. The molecule has 19 nitrogen and oxygen atoms in total. The van der Waals surface area contributed by atoms with Gasteiger partial charge >= 0.3 is 88.7 Å². The Labute approximate surface area is 351 Å². The van der Waals surface area contributed by atoms with E-state index in [-0.39, 0.29) is 108 Å². The van der Waals surface area contributed by atoms with Crippen LogP contribution in [0.1, 0.15) is 37.7 Å². The number of carbonyl (C=O) groups is 2. The fourth-order valence-corrected chi connectivity index (χ4v) is 6.49. The first-order valence-corrected chi connectivity index (χ1v) is 17.7. The van der Waals surface area contributed by atoms with Crippen LogP contribution in [0.25, 0.3) is 0 Å². The van der Waals surface area contributed by atoms with Crippen LogP contribution < -0.4 is 94.0 Å². The maximum absolute atomic E-state index is 13.2. The van der Waals surface area contributed by atoms with Crippen LogP contribution in [0.2, 0.25) is 0 Å². The van der Waals surface area contributed by atoms with Gasteiger partial charge in [0.15, 0.2) is 12.4 Å². The maximum Gasteiger partial charge on any atom is 1.00 e. The van der Waals surface area contributed by atoms with Gasteiger partial charge in [0.25, 0.3) is 0 Å². The van der Waals surface area contributed by atoms with Crippen molar-refractivity contribution in [2.24, 2.45) is 0 Å². The van der Waals surface area contributed by atoms with Gasteiger partial charge in [0.2, 0.25) is 43.0 Å². The van der Waals surface area contributed by atoms with Gasteiger partial charge in [-0.2, -0.15) is 0 Å². The van der Waals surface area contributed by atoms with Crippen molar-refractivity contribution in [3.05, 3.63) is 35.9 Å². The number of hydrogen-bond acceptors (Lipinski definition) is 17. The molecule has 1 aliphatic carbocycles. The van der Waals surface area contributed by atoms with Crippen LogP contribution in [0.5, 0.6) is 0 Å². The van der Waals surface area contributed by atoms with Crippen LogP contribution in [0.15, 0.2) is 30.3 Å². The molecule has 49 heavy (non-hydrogen) atoms. The van der Waals surface area contributed by atoms with E-state index in [1.165, 1.54) is 4.90 Å². The van der Waals surface area contributed by atoms with Gasteiger partial charge in [-0.25, -0.2) is 25.3 Å². The van der Waals surface area contributed by atoms with E-state index in [4.69, 9.17) is 14.2 Å². The molecule has 0 spiro atoms. The Bertz CT molecular complexity index is 1500. The predicted molar refractivity (Wildman–Crippen MR) is 147 cm³/mol. The second kappa shape index (κ2) is 22.8. The summed E-state index contributed by atoms with van der Waals surface area (Å²) >= 11 is 0. The van der Waals surface area contributed by atoms with Gasteiger partial charge in [0, 0.05) is 19.7 Å². The minimum absolute atomic E-state index is 0. The first kappa shape index (κ1) is 49.6. The number of amides is 2. The first-order valence-electron chi connectivity index (χ1n) is 13.7. The summed E-state index contributed by atoms with van der Waals surface area (Å²) in [4.78, 5) is 27.2. The van der Waals surface area contributed by atoms with Crippen LogP contribution in [-0.2, 0) is 74.1 Å². The van der Waals surface area contributed by atoms with E-state index in [0.717, 1.165) is 39.2 Å². The number of nitrogens with one attached hydrogen (secondary N) is 1. The summed E-state index contributed by atoms with van der Waals surface area (Å²) < 4.78 is 131. The van der Waals surface area contributed by atoms with Gasteiger partial charge in [0.1, 0.15) is 24.9 Å². The molecule has 1 aromatic carbocycles. The quantitative estimate of drug-likeness (QED) is 0.0925. The normalized spacial score (nSPS) is 23.2. The van der Waals surface area contributed by atoms with Crippen LogP contribution in [0.3, 0.4) is 0 Å². The molecule has 25 heteroatoms. The third-order valence-corrected chi connectivity index (χ3v) is 8.27. The summed E-state index contributed by atoms with van der Waals surface area (Å²) in [7, 11) is -16.4. The summed E-state index contributed by atoms with van der Waals surface area (Å²) in [5, 5.41) is 2.90. The second-order valence-corrected chi connectivity index (χ2v) is 13.4. The number of ether oxygens (including phenoxy) is 3.